The maximum atomic E-state index is 5.35. The van der Waals surface area contributed by atoms with E-state index in [0.717, 1.165) is 37.4 Å². The van der Waals surface area contributed by atoms with Gasteiger partial charge in [-0.1, -0.05) is 6.92 Å². The quantitative estimate of drug-likeness (QED) is 0.705. The molecular formula is C14H23NO2. The lowest BCUT2D eigenvalue weighted by Crippen LogP contribution is -2.16. The highest BCUT2D eigenvalue weighted by Gasteiger charge is 2.04. The van der Waals surface area contributed by atoms with Crippen LogP contribution in [-0.2, 0) is 6.42 Å². The van der Waals surface area contributed by atoms with E-state index in [1.807, 2.05) is 12.1 Å². The fourth-order valence-electron chi connectivity index (χ4n) is 1.78. The highest BCUT2D eigenvalue weighted by Crippen LogP contribution is 2.24. The summed E-state index contributed by atoms with van der Waals surface area (Å²) in [6.07, 6.45) is 3.31. The van der Waals surface area contributed by atoms with Gasteiger partial charge in [-0.25, -0.2) is 0 Å². The molecule has 17 heavy (non-hydrogen) atoms. The van der Waals surface area contributed by atoms with E-state index in [9.17, 15) is 0 Å². The lowest BCUT2D eigenvalue weighted by molar-refractivity contribution is 0.398. The Labute approximate surface area is 104 Å². The molecular weight excluding hydrogens is 214 g/mol. The Morgan fingerprint density at radius 3 is 2.59 bits per heavy atom. The van der Waals surface area contributed by atoms with Crippen molar-refractivity contribution < 1.29 is 9.47 Å². The zero-order valence-corrected chi connectivity index (χ0v) is 11.1. The Kier molecular flexibility index (Phi) is 6.48. The Morgan fingerprint density at radius 1 is 1.12 bits per heavy atom. The second-order valence-corrected chi connectivity index (χ2v) is 4.03. The lowest BCUT2D eigenvalue weighted by atomic mass is 10.1. The summed E-state index contributed by atoms with van der Waals surface area (Å²) in [5.41, 5.74) is 1.21. The normalized spacial score (nSPS) is 10.3. The Hall–Kier alpha value is -1.22. The number of hydrogen-bond donors (Lipinski definition) is 1. The molecule has 1 rings (SSSR count). The molecule has 96 valence electrons. The summed E-state index contributed by atoms with van der Waals surface area (Å²) in [6.45, 7) is 4.32. The predicted molar refractivity (Wildman–Crippen MR) is 71.0 cm³/mol. The topological polar surface area (TPSA) is 30.5 Å². The maximum Gasteiger partial charge on any atom is 0.122 e. The summed E-state index contributed by atoms with van der Waals surface area (Å²) in [7, 11) is 3.40. The van der Waals surface area contributed by atoms with E-state index in [-0.39, 0.29) is 0 Å². The molecule has 1 aromatic carbocycles. The van der Waals surface area contributed by atoms with Crippen LogP contribution in [0, 0.1) is 0 Å². The molecule has 3 heteroatoms. The summed E-state index contributed by atoms with van der Waals surface area (Å²) in [5.74, 6) is 1.84. The van der Waals surface area contributed by atoms with Crippen LogP contribution in [0.15, 0.2) is 18.2 Å². The van der Waals surface area contributed by atoms with Crippen LogP contribution >= 0.6 is 0 Å². The highest BCUT2D eigenvalue weighted by atomic mass is 16.5. The fraction of sp³-hybridized carbons (Fsp3) is 0.571. The monoisotopic (exact) mass is 237 g/mol. The molecule has 0 aromatic heterocycles. The van der Waals surface area contributed by atoms with Crippen molar-refractivity contribution in [3.63, 3.8) is 0 Å². The number of nitrogens with one attached hydrogen (secondary N) is 1. The van der Waals surface area contributed by atoms with Crippen molar-refractivity contribution in [2.45, 2.75) is 26.2 Å². The zero-order chi connectivity index (χ0) is 12.5. The van der Waals surface area contributed by atoms with Crippen molar-refractivity contribution in [2.75, 3.05) is 27.3 Å². The second-order valence-electron chi connectivity index (χ2n) is 4.03. The van der Waals surface area contributed by atoms with E-state index < -0.39 is 0 Å². The van der Waals surface area contributed by atoms with Crippen molar-refractivity contribution in [1.82, 2.24) is 5.32 Å². The summed E-state index contributed by atoms with van der Waals surface area (Å²) in [6, 6.07) is 5.95. The van der Waals surface area contributed by atoms with Gasteiger partial charge in [-0.05, 0) is 56.1 Å². The zero-order valence-electron chi connectivity index (χ0n) is 11.1. The summed E-state index contributed by atoms with van der Waals surface area (Å²) in [4.78, 5) is 0. The molecule has 3 nitrogen and oxygen atoms in total. The summed E-state index contributed by atoms with van der Waals surface area (Å²) >= 11 is 0. The molecule has 0 aliphatic carbocycles. The van der Waals surface area contributed by atoms with E-state index in [4.69, 9.17) is 9.47 Å². The van der Waals surface area contributed by atoms with Gasteiger partial charge in [0.25, 0.3) is 0 Å². The first-order chi connectivity index (χ1) is 8.31. The van der Waals surface area contributed by atoms with Crippen LogP contribution in [0.4, 0.5) is 0 Å². The Balaban J connectivity index is 2.49. The Morgan fingerprint density at radius 2 is 1.94 bits per heavy atom. The van der Waals surface area contributed by atoms with Crippen LogP contribution in [-0.4, -0.2) is 27.3 Å². The fourth-order valence-corrected chi connectivity index (χ4v) is 1.78. The van der Waals surface area contributed by atoms with Gasteiger partial charge >= 0.3 is 0 Å². The first-order valence-corrected chi connectivity index (χ1v) is 6.23. The van der Waals surface area contributed by atoms with Crippen molar-refractivity contribution in [3.8, 4) is 11.5 Å². The number of rotatable bonds is 8. The molecule has 0 aliphatic heterocycles. The molecule has 0 heterocycles. The summed E-state index contributed by atoms with van der Waals surface area (Å²) < 4.78 is 10.6. The number of aryl methyl sites for hydroxylation is 1. The third-order valence-corrected chi connectivity index (χ3v) is 2.71. The molecule has 1 N–H and O–H groups in total. The van der Waals surface area contributed by atoms with Crippen LogP contribution in [0.25, 0.3) is 0 Å². The molecule has 0 spiro atoms. The van der Waals surface area contributed by atoms with Gasteiger partial charge in [0, 0.05) is 0 Å². The minimum atomic E-state index is 0.891. The van der Waals surface area contributed by atoms with Gasteiger partial charge in [-0.15, -0.1) is 0 Å². The minimum Gasteiger partial charge on any atom is -0.497 e. The molecule has 0 fully saturated rings. The maximum absolute atomic E-state index is 5.35. The van der Waals surface area contributed by atoms with E-state index in [1.54, 1.807) is 14.2 Å². The van der Waals surface area contributed by atoms with E-state index in [0.29, 0.717) is 0 Å². The third-order valence-electron chi connectivity index (χ3n) is 2.71. The summed E-state index contributed by atoms with van der Waals surface area (Å²) in [5, 5.41) is 3.40. The first kappa shape index (κ1) is 13.8. The molecule has 0 bridgehead atoms. The average Bonchev–Trinajstić information content (AvgIpc) is 2.38. The molecule has 0 unspecified atom stereocenters. The van der Waals surface area contributed by atoms with Crippen molar-refractivity contribution in [2.24, 2.45) is 0 Å². The number of benzene rings is 1. The average molecular weight is 237 g/mol. The van der Waals surface area contributed by atoms with Crippen LogP contribution in [0.2, 0.25) is 0 Å². The van der Waals surface area contributed by atoms with E-state index in [1.165, 1.54) is 12.0 Å². The molecule has 1 aromatic rings. The highest BCUT2D eigenvalue weighted by molar-refractivity contribution is 5.40. The Bertz CT molecular complexity index is 326. The van der Waals surface area contributed by atoms with Gasteiger partial charge in [-0.2, -0.15) is 0 Å². The molecule has 0 saturated carbocycles. The molecule has 0 aliphatic rings. The van der Waals surface area contributed by atoms with Gasteiger partial charge < -0.3 is 14.8 Å². The van der Waals surface area contributed by atoms with Crippen molar-refractivity contribution in [3.05, 3.63) is 23.8 Å². The van der Waals surface area contributed by atoms with Gasteiger partial charge in [-0.3, -0.25) is 0 Å². The van der Waals surface area contributed by atoms with Gasteiger partial charge in [0.1, 0.15) is 11.5 Å². The predicted octanol–water partition coefficient (Wildman–Crippen LogP) is 2.64. The molecule has 0 atom stereocenters. The molecule has 0 radical (unpaired) electrons. The van der Waals surface area contributed by atoms with E-state index >= 15 is 0 Å². The number of hydrogen-bond acceptors (Lipinski definition) is 3. The van der Waals surface area contributed by atoms with Crippen LogP contribution < -0.4 is 14.8 Å². The van der Waals surface area contributed by atoms with Crippen molar-refractivity contribution >= 4 is 0 Å². The second kappa shape index (κ2) is 7.96. The smallest absolute Gasteiger partial charge is 0.122 e. The van der Waals surface area contributed by atoms with Crippen LogP contribution in [0.3, 0.4) is 0 Å². The minimum absolute atomic E-state index is 0.891. The third kappa shape index (κ3) is 4.65. The SMILES string of the molecule is CCCNCCCc1cc(OC)ccc1OC. The largest absolute Gasteiger partial charge is 0.497 e. The first-order valence-electron chi connectivity index (χ1n) is 6.23. The lowest BCUT2D eigenvalue weighted by Gasteiger charge is -2.10. The van der Waals surface area contributed by atoms with Crippen LogP contribution in [0.1, 0.15) is 25.3 Å². The standard InChI is InChI=1S/C14H23NO2/c1-4-9-15-10-5-6-12-11-13(16-2)7-8-14(12)17-3/h7-8,11,15H,4-6,9-10H2,1-3H3. The molecule has 0 amide bonds. The van der Waals surface area contributed by atoms with Gasteiger partial charge in [0.15, 0.2) is 0 Å². The van der Waals surface area contributed by atoms with Crippen molar-refractivity contribution in [1.29, 1.82) is 0 Å². The van der Waals surface area contributed by atoms with Gasteiger partial charge in [0.2, 0.25) is 0 Å². The van der Waals surface area contributed by atoms with Crippen LogP contribution in [0.5, 0.6) is 11.5 Å². The number of ether oxygens (including phenoxy) is 2. The number of methoxy groups -OCH3 is 2. The van der Waals surface area contributed by atoms with Gasteiger partial charge in [0.05, 0.1) is 14.2 Å². The van der Waals surface area contributed by atoms with E-state index in [2.05, 4.69) is 18.3 Å². The molecule has 0 saturated heterocycles.